The molecule has 0 bridgehead atoms. The number of hydrogen-bond acceptors (Lipinski definition) is 1. The molecule has 1 aromatic rings. The van der Waals surface area contributed by atoms with Gasteiger partial charge in [-0.1, -0.05) is 28.1 Å². The van der Waals surface area contributed by atoms with Crippen LogP contribution in [0.5, 0.6) is 0 Å². The Morgan fingerprint density at radius 3 is 2.86 bits per heavy atom. The zero-order chi connectivity index (χ0) is 10.6. The van der Waals surface area contributed by atoms with E-state index in [1.165, 1.54) is 6.07 Å². The van der Waals surface area contributed by atoms with E-state index in [2.05, 4.69) is 22.5 Å². The van der Waals surface area contributed by atoms with Crippen LogP contribution in [0.4, 0.5) is 4.39 Å². The van der Waals surface area contributed by atoms with Crippen molar-refractivity contribution in [3.63, 3.8) is 0 Å². The largest absolute Gasteiger partial charge is 0.324 e. The van der Waals surface area contributed by atoms with Crippen molar-refractivity contribution in [2.45, 2.75) is 18.9 Å². The third kappa shape index (κ3) is 2.66. The van der Waals surface area contributed by atoms with E-state index in [9.17, 15) is 4.39 Å². The van der Waals surface area contributed by atoms with Crippen LogP contribution in [0.3, 0.4) is 0 Å². The Bertz CT molecular complexity index is 305. The lowest BCUT2D eigenvalue weighted by Crippen LogP contribution is -2.12. The highest BCUT2D eigenvalue weighted by molar-refractivity contribution is 9.10. The average Bonchev–Trinajstić information content (AvgIpc) is 2.14. The van der Waals surface area contributed by atoms with Crippen LogP contribution < -0.4 is 5.73 Å². The summed E-state index contributed by atoms with van der Waals surface area (Å²) in [5.74, 6) is -0.254. The number of nitrogens with two attached hydrogens (primary N) is 1. The van der Waals surface area contributed by atoms with E-state index >= 15 is 0 Å². The summed E-state index contributed by atoms with van der Waals surface area (Å²) in [5.41, 5.74) is 6.42. The molecule has 0 saturated carbocycles. The number of hydrogen-bond donors (Lipinski definition) is 1. The number of allylic oxidation sites excluding steroid dienone is 1. The molecule has 0 aliphatic heterocycles. The maximum atomic E-state index is 13.4. The third-order valence-electron chi connectivity index (χ3n) is 2.05. The van der Waals surface area contributed by atoms with Gasteiger partial charge < -0.3 is 5.73 Å². The predicted molar refractivity (Wildman–Crippen MR) is 60.5 cm³/mol. The molecule has 0 saturated heterocycles. The second-order valence-corrected chi connectivity index (χ2v) is 3.96. The molecular weight excluding hydrogens is 245 g/mol. The third-order valence-corrected chi connectivity index (χ3v) is 2.74. The average molecular weight is 258 g/mol. The summed E-state index contributed by atoms with van der Waals surface area (Å²) in [7, 11) is 0. The number of rotatable bonds is 4. The summed E-state index contributed by atoms with van der Waals surface area (Å²) in [6, 6.07) is 4.60. The van der Waals surface area contributed by atoms with Gasteiger partial charge in [0.15, 0.2) is 0 Å². The molecule has 0 aliphatic carbocycles. The lowest BCUT2D eigenvalue weighted by Gasteiger charge is -2.13. The van der Waals surface area contributed by atoms with E-state index in [0.29, 0.717) is 12.0 Å². The smallest absolute Gasteiger partial charge is 0.129 e. The second-order valence-electron chi connectivity index (χ2n) is 3.11. The molecule has 1 aromatic carbocycles. The van der Waals surface area contributed by atoms with Crippen molar-refractivity contribution < 1.29 is 4.39 Å². The first-order valence-corrected chi connectivity index (χ1v) is 5.26. The molecular formula is C11H13BrFN. The summed E-state index contributed by atoms with van der Waals surface area (Å²) >= 11 is 3.29. The predicted octanol–water partition coefficient (Wildman–Crippen LogP) is 3.55. The van der Waals surface area contributed by atoms with Crippen LogP contribution in [-0.2, 0) is 0 Å². The molecule has 1 nitrogen and oxygen atoms in total. The van der Waals surface area contributed by atoms with Gasteiger partial charge in [0, 0.05) is 16.1 Å². The first kappa shape index (κ1) is 11.4. The molecule has 0 spiro atoms. The van der Waals surface area contributed by atoms with Crippen molar-refractivity contribution in [3.05, 3.63) is 46.7 Å². The van der Waals surface area contributed by atoms with Gasteiger partial charge in [-0.25, -0.2) is 4.39 Å². The first-order valence-electron chi connectivity index (χ1n) is 4.47. The van der Waals surface area contributed by atoms with E-state index in [0.717, 1.165) is 10.9 Å². The van der Waals surface area contributed by atoms with E-state index in [1.54, 1.807) is 18.2 Å². The first-order chi connectivity index (χ1) is 6.66. The highest BCUT2D eigenvalue weighted by Crippen LogP contribution is 2.27. The van der Waals surface area contributed by atoms with Crippen LogP contribution in [0, 0.1) is 5.82 Å². The molecule has 2 N–H and O–H groups in total. The summed E-state index contributed by atoms with van der Waals surface area (Å²) in [6.45, 7) is 3.61. The molecule has 0 unspecified atom stereocenters. The minimum atomic E-state index is -0.274. The van der Waals surface area contributed by atoms with Gasteiger partial charge in [0.25, 0.3) is 0 Å². The molecule has 0 amide bonds. The Morgan fingerprint density at radius 1 is 1.57 bits per heavy atom. The Kier molecular flexibility index (Phi) is 4.29. The summed E-state index contributed by atoms with van der Waals surface area (Å²) in [4.78, 5) is 0. The maximum Gasteiger partial charge on any atom is 0.129 e. The van der Waals surface area contributed by atoms with E-state index in [1.807, 2.05) is 0 Å². The van der Waals surface area contributed by atoms with E-state index in [-0.39, 0.29) is 11.9 Å². The van der Waals surface area contributed by atoms with Gasteiger partial charge in [-0.2, -0.15) is 0 Å². The Labute approximate surface area is 91.9 Å². The van der Waals surface area contributed by atoms with Crippen LogP contribution in [0.15, 0.2) is 35.3 Å². The Balaban J connectivity index is 2.87. The molecule has 0 aliphatic rings. The summed E-state index contributed by atoms with van der Waals surface area (Å²) in [5, 5.41) is 0. The monoisotopic (exact) mass is 257 g/mol. The molecule has 14 heavy (non-hydrogen) atoms. The number of benzene rings is 1. The van der Waals surface area contributed by atoms with Gasteiger partial charge in [0.05, 0.1) is 0 Å². The highest BCUT2D eigenvalue weighted by atomic mass is 79.9. The fourth-order valence-corrected chi connectivity index (χ4v) is 1.94. The lowest BCUT2D eigenvalue weighted by atomic mass is 10.0. The van der Waals surface area contributed by atoms with Crippen molar-refractivity contribution >= 4 is 15.9 Å². The quantitative estimate of drug-likeness (QED) is 0.821. The van der Waals surface area contributed by atoms with Gasteiger partial charge in [0.1, 0.15) is 5.82 Å². The van der Waals surface area contributed by atoms with Gasteiger partial charge >= 0.3 is 0 Å². The zero-order valence-corrected chi connectivity index (χ0v) is 9.43. The highest BCUT2D eigenvalue weighted by Gasteiger charge is 2.13. The lowest BCUT2D eigenvalue weighted by molar-refractivity contribution is 0.564. The van der Waals surface area contributed by atoms with Crippen molar-refractivity contribution in [3.8, 4) is 0 Å². The minimum absolute atomic E-state index is 0.254. The Morgan fingerprint density at radius 2 is 2.29 bits per heavy atom. The second kappa shape index (κ2) is 5.27. The molecule has 0 heterocycles. The Hall–Kier alpha value is -0.670. The zero-order valence-electron chi connectivity index (χ0n) is 7.84. The molecule has 0 aromatic heterocycles. The maximum absolute atomic E-state index is 13.4. The van der Waals surface area contributed by atoms with Crippen LogP contribution >= 0.6 is 15.9 Å². The molecule has 76 valence electrons. The molecule has 1 rings (SSSR count). The minimum Gasteiger partial charge on any atom is -0.324 e. The fraction of sp³-hybridized carbons (Fsp3) is 0.273. The van der Waals surface area contributed by atoms with Crippen LogP contribution in [0.1, 0.15) is 24.4 Å². The summed E-state index contributed by atoms with van der Waals surface area (Å²) in [6.07, 6.45) is 3.29. The summed E-state index contributed by atoms with van der Waals surface area (Å²) < 4.78 is 14.1. The molecule has 3 heteroatoms. The van der Waals surface area contributed by atoms with E-state index < -0.39 is 0 Å². The number of halogens is 2. The van der Waals surface area contributed by atoms with Crippen LogP contribution in [0.2, 0.25) is 0 Å². The van der Waals surface area contributed by atoms with Crippen molar-refractivity contribution in [1.82, 2.24) is 0 Å². The van der Waals surface area contributed by atoms with Crippen LogP contribution in [-0.4, -0.2) is 0 Å². The van der Waals surface area contributed by atoms with Gasteiger partial charge in [-0.3, -0.25) is 0 Å². The normalized spacial score (nSPS) is 12.5. The van der Waals surface area contributed by atoms with Crippen molar-refractivity contribution in [2.24, 2.45) is 5.73 Å². The SMILES string of the molecule is C=CCC[C@@H](N)c1c(F)cccc1Br. The van der Waals surface area contributed by atoms with E-state index in [4.69, 9.17) is 5.73 Å². The fourth-order valence-electron chi connectivity index (χ4n) is 1.31. The van der Waals surface area contributed by atoms with Crippen molar-refractivity contribution in [2.75, 3.05) is 0 Å². The van der Waals surface area contributed by atoms with Crippen molar-refractivity contribution in [1.29, 1.82) is 0 Å². The van der Waals surface area contributed by atoms with Gasteiger partial charge in [0.2, 0.25) is 0 Å². The van der Waals surface area contributed by atoms with Gasteiger partial charge in [-0.15, -0.1) is 6.58 Å². The standard InChI is InChI=1S/C11H13BrFN/c1-2-3-7-10(14)11-8(12)5-4-6-9(11)13/h2,4-6,10H,1,3,7,14H2/t10-/m1/s1. The van der Waals surface area contributed by atoms with Crippen LogP contribution in [0.25, 0.3) is 0 Å². The topological polar surface area (TPSA) is 26.0 Å². The molecule has 0 radical (unpaired) electrons. The van der Waals surface area contributed by atoms with Gasteiger partial charge in [-0.05, 0) is 25.0 Å². The molecule has 1 atom stereocenters. The molecule has 0 fully saturated rings.